The van der Waals surface area contributed by atoms with Crippen molar-refractivity contribution >= 4 is 16.9 Å². The largest absolute Gasteiger partial charge is 0.500 e. The van der Waals surface area contributed by atoms with Gasteiger partial charge in [0.2, 0.25) is 0 Å². The van der Waals surface area contributed by atoms with Gasteiger partial charge in [0.05, 0.1) is 8.07 Å². The molecule has 0 aromatic rings. The minimum absolute atomic E-state index is 0.950. The van der Waals surface area contributed by atoms with Crippen LogP contribution >= 0.6 is 0 Å². The molecule has 0 saturated heterocycles. The minimum atomic E-state index is -2.33. The molecule has 104 valence electrons. The highest BCUT2D eigenvalue weighted by Gasteiger charge is 2.38. The quantitative estimate of drug-likeness (QED) is 0.569. The van der Waals surface area contributed by atoms with Crippen LogP contribution < -0.4 is 0 Å². The van der Waals surface area contributed by atoms with Gasteiger partial charge in [-0.05, 0) is 0 Å². The molecule has 0 aliphatic heterocycles. The van der Waals surface area contributed by atoms with Gasteiger partial charge in [-0.2, -0.15) is 0 Å². The molecule has 0 aromatic carbocycles. The molecule has 0 saturated carbocycles. The van der Waals surface area contributed by atoms with Crippen molar-refractivity contribution in [2.45, 2.75) is 57.4 Å². The Balaban J connectivity index is 4.28. The highest BCUT2D eigenvalue weighted by atomic mass is 28.4. The Morgan fingerprint density at radius 3 is 1.41 bits per heavy atom. The van der Waals surface area contributed by atoms with Crippen molar-refractivity contribution < 1.29 is 13.3 Å². The Morgan fingerprint density at radius 2 is 1.12 bits per heavy atom. The summed E-state index contributed by atoms with van der Waals surface area (Å²) < 4.78 is 16.4. The van der Waals surface area contributed by atoms with Gasteiger partial charge in [0.15, 0.2) is 0 Å². The van der Waals surface area contributed by atoms with E-state index in [9.17, 15) is 0 Å². The standard InChI is InChI=1S/C12H30O3Si2/c1-7-16(8-2,9-3)11-10-12-17(13-4,14-5)15-6/h7-12H2,1-6H3. The molecule has 5 heteroatoms. The Bertz CT molecular complexity index is 156. The lowest BCUT2D eigenvalue weighted by Crippen LogP contribution is -2.43. The predicted octanol–water partition coefficient (Wildman–Crippen LogP) is 3.76. The molecule has 0 aliphatic rings. The molecule has 0 fully saturated rings. The number of hydrogen-bond acceptors (Lipinski definition) is 3. The maximum Gasteiger partial charge on any atom is 0.500 e. The summed E-state index contributed by atoms with van der Waals surface area (Å²) in [6, 6.07) is 6.50. The lowest BCUT2D eigenvalue weighted by Gasteiger charge is -2.30. The van der Waals surface area contributed by atoms with Crippen LogP contribution in [0.4, 0.5) is 0 Å². The van der Waals surface area contributed by atoms with Gasteiger partial charge in [-0.1, -0.05) is 51.4 Å². The molecule has 0 N–H and O–H groups in total. The summed E-state index contributed by atoms with van der Waals surface area (Å²) >= 11 is 0. The Morgan fingerprint density at radius 1 is 0.706 bits per heavy atom. The van der Waals surface area contributed by atoms with Gasteiger partial charge in [0.25, 0.3) is 0 Å². The van der Waals surface area contributed by atoms with E-state index in [1.54, 1.807) is 21.3 Å². The van der Waals surface area contributed by atoms with Crippen molar-refractivity contribution in [3.05, 3.63) is 0 Å². The van der Waals surface area contributed by atoms with Crippen molar-refractivity contribution in [3.63, 3.8) is 0 Å². The predicted molar refractivity (Wildman–Crippen MR) is 78.2 cm³/mol. The number of rotatable bonds is 10. The third-order valence-electron chi connectivity index (χ3n) is 4.37. The summed E-state index contributed by atoms with van der Waals surface area (Å²) in [6.45, 7) is 7.06. The highest BCUT2D eigenvalue weighted by Crippen LogP contribution is 2.29. The van der Waals surface area contributed by atoms with Crippen LogP contribution in [0, 0.1) is 0 Å². The Labute approximate surface area is 109 Å². The van der Waals surface area contributed by atoms with Gasteiger partial charge >= 0.3 is 8.80 Å². The average Bonchev–Trinajstić information content (AvgIpc) is 2.41. The summed E-state index contributed by atoms with van der Waals surface area (Å²) in [4.78, 5) is 0. The van der Waals surface area contributed by atoms with E-state index in [1.165, 1.54) is 30.6 Å². The van der Waals surface area contributed by atoms with Gasteiger partial charge < -0.3 is 13.3 Å². The minimum Gasteiger partial charge on any atom is -0.377 e. The maximum absolute atomic E-state index is 5.46. The topological polar surface area (TPSA) is 27.7 Å². The third-order valence-corrected chi connectivity index (χ3v) is 13.1. The molecule has 0 amide bonds. The van der Waals surface area contributed by atoms with Crippen molar-refractivity contribution in [2.75, 3.05) is 21.3 Å². The summed E-state index contributed by atoms with van der Waals surface area (Å²) in [5, 5.41) is 0. The van der Waals surface area contributed by atoms with Crippen LogP contribution in [0.5, 0.6) is 0 Å². The summed E-state index contributed by atoms with van der Waals surface area (Å²) in [7, 11) is 1.76. The van der Waals surface area contributed by atoms with E-state index in [-0.39, 0.29) is 0 Å². The fourth-order valence-corrected chi connectivity index (χ4v) is 8.08. The maximum atomic E-state index is 5.46. The molecule has 0 aliphatic carbocycles. The smallest absolute Gasteiger partial charge is 0.377 e. The van der Waals surface area contributed by atoms with E-state index < -0.39 is 16.9 Å². The van der Waals surface area contributed by atoms with Crippen LogP contribution in [0.2, 0.25) is 30.2 Å². The molecule has 0 aromatic heterocycles. The van der Waals surface area contributed by atoms with E-state index in [1.807, 2.05) is 0 Å². The molecule has 0 atom stereocenters. The van der Waals surface area contributed by atoms with Crippen molar-refractivity contribution in [1.29, 1.82) is 0 Å². The van der Waals surface area contributed by atoms with E-state index in [0.29, 0.717) is 0 Å². The second-order valence-electron chi connectivity index (χ2n) is 4.71. The normalized spacial score (nSPS) is 13.1. The first-order valence-corrected chi connectivity index (χ1v) is 11.5. The fraction of sp³-hybridized carbons (Fsp3) is 1.00. The molecular weight excluding hydrogens is 248 g/mol. The van der Waals surface area contributed by atoms with E-state index >= 15 is 0 Å². The zero-order chi connectivity index (χ0) is 13.4. The van der Waals surface area contributed by atoms with Crippen LogP contribution in [0.1, 0.15) is 27.2 Å². The highest BCUT2D eigenvalue weighted by molar-refractivity contribution is 6.79. The van der Waals surface area contributed by atoms with Gasteiger partial charge in [-0.15, -0.1) is 0 Å². The van der Waals surface area contributed by atoms with Crippen molar-refractivity contribution in [2.24, 2.45) is 0 Å². The van der Waals surface area contributed by atoms with Gasteiger partial charge in [-0.25, -0.2) is 0 Å². The van der Waals surface area contributed by atoms with E-state index in [4.69, 9.17) is 13.3 Å². The SMILES string of the molecule is CC[Si](CC)(CC)CCC[Si](OC)(OC)OC. The lowest BCUT2D eigenvalue weighted by atomic mass is 10.6. The zero-order valence-electron chi connectivity index (χ0n) is 12.5. The van der Waals surface area contributed by atoms with Crippen molar-refractivity contribution in [3.8, 4) is 0 Å². The van der Waals surface area contributed by atoms with Crippen LogP contribution in [-0.4, -0.2) is 38.2 Å². The summed E-state index contributed by atoms with van der Waals surface area (Å²) in [5.41, 5.74) is 0. The van der Waals surface area contributed by atoms with Gasteiger partial charge in [0.1, 0.15) is 0 Å². The molecular formula is C12H30O3Si2. The Kier molecular flexibility index (Phi) is 8.58. The molecule has 0 rings (SSSR count). The summed E-state index contributed by atoms with van der Waals surface area (Å²) in [6.07, 6.45) is 1.18. The number of hydrogen-bond donors (Lipinski definition) is 0. The van der Waals surface area contributed by atoms with Crippen LogP contribution in [-0.2, 0) is 13.3 Å². The molecule has 17 heavy (non-hydrogen) atoms. The van der Waals surface area contributed by atoms with Gasteiger partial charge in [-0.3, -0.25) is 0 Å². The van der Waals surface area contributed by atoms with E-state index in [0.717, 1.165) is 6.04 Å². The monoisotopic (exact) mass is 278 g/mol. The average molecular weight is 279 g/mol. The van der Waals surface area contributed by atoms with Crippen LogP contribution in [0.25, 0.3) is 0 Å². The second-order valence-corrected chi connectivity index (χ2v) is 13.4. The summed E-state index contributed by atoms with van der Waals surface area (Å²) in [5.74, 6) is 0. The molecule has 0 spiro atoms. The Hall–Kier alpha value is 0.314. The van der Waals surface area contributed by atoms with Crippen molar-refractivity contribution in [1.82, 2.24) is 0 Å². The molecule has 0 radical (unpaired) electrons. The molecule has 3 nitrogen and oxygen atoms in total. The molecule has 0 bridgehead atoms. The van der Waals surface area contributed by atoms with Crippen LogP contribution in [0.3, 0.4) is 0 Å². The molecule has 0 heterocycles. The second kappa shape index (κ2) is 8.42. The first-order valence-electron chi connectivity index (χ1n) is 6.73. The van der Waals surface area contributed by atoms with Gasteiger partial charge in [0, 0.05) is 27.4 Å². The first-order chi connectivity index (χ1) is 8.07. The first kappa shape index (κ1) is 17.3. The third kappa shape index (κ3) is 4.83. The fourth-order valence-electron chi connectivity index (χ4n) is 2.52. The zero-order valence-corrected chi connectivity index (χ0v) is 14.5. The molecule has 0 unspecified atom stereocenters. The van der Waals surface area contributed by atoms with Crippen LogP contribution in [0.15, 0.2) is 0 Å². The van der Waals surface area contributed by atoms with E-state index in [2.05, 4.69) is 20.8 Å². The lowest BCUT2D eigenvalue weighted by molar-refractivity contribution is 0.123.